The van der Waals surface area contributed by atoms with Gasteiger partial charge in [0.2, 0.25) is 0 Å². The largest absolute Gasteiger partial charge is 0.496 e. The lowest BCUT2D eigenvalue weighted by atomic mass is 9.72. The van der Waals surface area contributed by atoms with Crippen molar-refractivity contribution in [3.8, 4) is 5.75 Å². The summed E-state index contributed by atoms with van der Waals surface area (Å²) in [6.45, 7) is 6.08. The Morgan fingerprint density at radius 2 is 2.24 bits per heavy atom. The number of carbonyl (C=O) groups excluding carboxylic acids is 1. The molecule has 1 aromatic carbocycles. The van der Waals surface area contributed by atoms with E-state index >= 15 is 0 Å². The minimum atomic E-state index is -0.179. The SMILES string of the molecule is CCCC1(C(=O)Cc2cc(C)ccc2OC)CCCNC1. The van der Waals surface area contributed by atoms with E-state index in [1.54, 1.807) is 7.11 Å². The molecule has 1 atom stereocenters. The second kappa shape index (κ2) is 7.08. The Kier molecular flexibility index (Phi) is 5.40. The molecule has 3 heteroatoms. The number of Topliss-reactive ketones (excluding diaryl/α,β-unsaturated/α-hetero) is 1. The number of hydrogen-bond donors (Lipinski definition) is 1. The van der Waals surface area contributed by atoms with Crippen LogP contribution in [0.1, 0.15) is 43.7 Å². The van der Waals surface area contributed by atoms with Crippen molar-refractivity contribution in [2.75, 3.05) is 20.2 Å². The molecule has 0 spiro atoms. The standard InChI is InChI=1S/C18H27NO2/c1-4-8-18(9-5-10-19-13-18)17(20)12-15-11-14(2)6-7-16(15)21-3/h6-7,11,19H,4-5,8-10,12-13H2,1-3H3. The predicted molar refractivity (Wildman–Crippen MR) is 85.9 cm³/mol. The molecule has 3 nitrogen and oxygen atoms in total. The minimum absolute atomic E-state index is 0.179. The predicted octanol–water partition coefficient (Wildman–Crippen LogP) is 3.29. The number of ether oxygens (including phenoxy) is 1. The van der Waals surface area contributed by atoms with Crippen LogP contribution in [0.5, 0.6) is 5.75 Å². The number of benzene rings is 1. The highest BCUT2D eigenvalue weighted by atomic mass is 16.5. The molecule has 0 aromatic heterocycles. The highest BCUT2D eigenvalue weighted by Gasteiger charge is 2.38. The second-order valence-electron chi connectivity index (χ2n) is 6.23. The van der Waals surface area contributed by atoms with E-state index in [2.05, 4.69) is 25.2 Å². The molecule has 1 fully saturated rings. The van der Waals surface area contributed by atoms with Crippen LogP contribution in [0.3, 0.4) is 0 Å². The van der Waals surface area contributed by atoms with Crippen molar-refractivity contribution in [1.82, 2.24) is 5.32 Å². The van der Waals surface area contributed by atoms with Gasteiger partial charge in [-0.25, -0.2) is 0 Å². The number of methoxy groups -OCH3 is 1. The highest BCUT2D eigenvalue weighted by Crippen LogP contribution is 2.35. The Morgan fingerprint density at radius 3 is 2.86 bits per heavy atom. The maximum Gasteiger partial charge on any atom is 0.144 e. The van der Waals surface area contributed by atoms with Crippen LogP contribution >= 0.6 is 0 Å². The van der Waals surface area contributed by atoms with Crippen LogP contribution in [0, 0.1) is 12.3 Å². The lowest BCUT2D eigenvalue weighted by Gasteiger charge is -2.36. The summed E-state index contributed by atoms with van der Waals surface area (Å²) in [7, 11) is 1.67. The van der Waals surface area contributed by atoms with Gasteiger partial charge in [-0.3, -0.25) is 4.79 Å². The van der Waals surface area contributed by atoms with E-state index in [-0.39, 0.29) is 5.41 Å². The van der Waals surface area contributed by atoms with E-state index in [4.69, 9.17) is 4.74 Å². The summed E-state index contributed by atoms with van der Waals surface area (Å²) >= 11 is 0. The molecular weight excluding hydrogens is 262 g/mol. The Bertz CT molecular complexity index is 484. The van der Waals surface area contributed by atoms with Crippen LogP contribution in [-0.4, -0.2) is 26.0 Å². The molecule has 0 bridgehead atoms. The third kappa shape index (κ3) is 3.65. The molecular formula is C18H27NO2. The van der Waals surface area contributed by atoms with Gasteiger partial charge < -0.3 is 10.1 Å². The normalized spacial score (nSPS) is 22.0. The van der Waals surface area contributed by atoms with Crippen molar-refractivity contribution >= 4 is 5.78 Å². The number of aryl methyl sites for hydroxylation is 1. The van der Waals surface area contributed by atoms with Crippen molar-refractivity contribution in [3.63, 3.8) is 0 Å². The monoisotopic (exact) mass is 289 g/mol. The van der Waals surface area contributed by atoms with Crippen LogP contribution in [0.15, 0.2) is 18.2 Å². The molecule has 1 aliphatic heterocycles. The van der Waals surface area contributed by atoms with Gasteiger partial charge in [-0.1, -0.05) is 31.0 Å². The summed E-state index contributed by atoms with van der Waals surface area (Å²) in [5.41, 5.74) is 2.01. The zero-order chi connectivity index (χ0) is 15.3. The number of carbonyl (C=O) groups is 1. The Balaban J connectivity index is 2.20. The Morgan fingerprint density at radius 1 is 1.43 bits per heavy atom. The van der Waals surface area contributed by atoms with Crippen LogP contribution in [0.25, 0.3) is 0 Å². The molecule has 21 heavy (non-hydrogen) atoms. The molecule has 0 radical (unpaired) electrons. The van der Waals surface area contributed by atoms with Gasteiger partial charge in [0.25, 0.3) is 0 Å². The highest BCUT2D eigenvalue weighted by molar-refractivity contribution is 5.87. The fourth-order valence-electron chi connectivity index (χ4n) is 3.44. The lowest BCUT2D eigenvalue weighted by Crippen LogP contribution is -2.46. The van der Waals surface area contributed by atoms with Gasteiger partial charge in [-0.2, -0.15) is 0 Å². The molecule has 116 valence electrons. The van der Waals surface area contributed by atoms with Crippen molar-refractivity contribution in [2.24, 2.45) is 5.41 Å². The topological polar surface area (TPSA) is 38.3 Å². The molecule has 1 N–H and O–H groups in total. The van der Waals surface area contributed by atoms with Crippen LogP contribution in [0.2, 0.25) is 0 Å². The second-order valence-corrected chi connectivity index (χ2v) is 6.23. The van der Waals surface area contributed by atoms with Crippen molar-refractivity contribution in [2.45, 2.75) is 46.0 Å². The number of piperidine rings is 1. The first-order valence-electron chi connectivity index (χ1n) is 7.99. The van der Waals surface area contributed by atoms with E-state index in [0.29, 0.717) is 12.2 Å². The van der Waals surface area contributed by atoms with E-state index in [1.165, 1.54) is 5.56 Å². The number of hydrogen-bond acceptors (Lipinski definition) is 3. The Labute approximate surface area is 128 Å². The van der Waals surface area contributed by atoms with Gasteiger partial charge in [0.1, 0.15) is 11.5 Å². The van der Waals surface area contributed by atoms with Gasteiger partial charge in [-0.15, -0.1) is 0 Å². The maximum absolute atomic E-state index is 13.0. The first-order valence-corrected chi connectivity index (χ1v) is 7.99. The molecule has 1 aliphatic rings. The first kappa shape index (κ1) is 16.0. The molecule has 0 saturated carbocycles. The molecule has 1 aromatic rings. The quantitative estimate of drug-likeness (QED) is 0.873. The van der Waals surface area contributed by atoms with Gasteiger partial charge in [0.15, 0.2) is 0 Å². The van der Waals surface area contributed by atoms with Crippen molar-refractivity contribution in [3.05, 3.63) is 29.3 Å². The zero-order valence-electron chi connectivity index (χ0n) is 13.5. The van der Waals surface area contributed by atoms with E-state index in [9.17, 15) is 4.79 Å². The average molecular weight is 289 g/mol. The van der Waals surface area contributed by atoms with Crippen LogP contribution < -0.4 is 10.1 Å². The minimum Gasteiger partial charge on any atom is -0.496 e. The van der Waals surface area contributed by atoms with Crippen LogP contribution in [0.4, 0.5) is 0 Å². The van der Waals surface area contributed by atoms with E-state index < -0.39 is 0 Å². The smallest absolute Gasteiger partial charge is 0.144 e. The molecule has 0 aliphatic carbocycles. The third-order valence-electron chi connectivity index (χ3n) is 4.58. The summed E-state index contributed by atoms with van der Waals surface area (Å²) in [5.74, 6) is 1.19. The average Bonchev–Trinajstić information content (AvgIpc) is 2.49. The summed E-state index contributed by atoms with van der Waals surface area (Å²) in [5, 5.41) is 3.42. The summed E-state index contributed by atoms with van der Waals surface area (Å²) in [6.07, 6.45) is 4.62. The zero-order valence-corrected chi connectivity index (χ0v) is 13.5. The fraction of sp³-hybridized carbons (Fsp3) is 0.611. The fourth-order valence-corrected chi connectivity index (χ4v) is 3.44. The van der Waals surface area contributed by atoms with E-state index in [1.807, 2.05) is 12.1 Å². The summed E-state index contributed by atoms with van der Waals surface area (Å²) in [6, 6.07) is 6.06. The number of nitrogens with one attached hydrogen (secondary N) is 1. The number of ketones is 1. The summed E-state index contributed by atoms with van der Waals surface area (Å²) < 4.78 is 5.41. The molecule has 2 rings (SSSR count). The maximum atomic E-state index is 13.0. The summed E-state index contributed by atoms with van der Waals surface area (Å²) in [4.78, 5) is 13.0. The lowest BCUT2D eigenvalue weighted by molar-refractivity contribution is -0.129. The molecule has 1 heterocycles. The molecule has 0 amide bonds. The van der Waals surface area contributed by atoms with Gasteiger partial charge >= 0.3 is 0 Å². The van der Waals surface area contributed by atoms with Gasteiger partial charge in [-0.05, 0) is 38.8 Å². The molecule has 1 saturated heterocycles. The molecule has 1 unspecified atom stereocenters. The van der Waals surface area contributed by atoms with E-state index in [0.717, 1.165) is 50.1 Å². The number of rotatable bonds is 6. The van der Waals surface area contributed by atoms with Gasteiger partial charge in [0.05, 0.1) is 7.11 Å². The van der Waals surface area contributed by atoms with Gasteiger partial charge in [0, 0.05) is 23.9 Å². The Hall–Kier alpha value is -1.35. The van der Waals surface area contributed by atoms with Crippen LogP contribution in [-0.2, 0) is 11.2 Å². The van der Waals surface area contributed by atoms with Crippen molar-refractivity contribution < 1.29 is 9.53 Å². The first-order chi connectivity index (χ1) is 10.1. The third-order valence-corrected chi connectivity index (χ3v) is 4.58. The van der Waals surface area contributed by atoms with Crippen molar-refractivity contribution in [1.29, 1.82) is 0 Å².